The standard InChI is InChI=1S/C58H41NO/c1-57(2)51-22-12-9-19-45(51)48-32-30-44(37-54(48)57)59(42-28-25-39(26-29-42)38-15-5-3-6-16-38)43-31-34-56-50(36-43)49-35-41(27-33-55(49)60-56)58(40-17-7-4-8-18-40)52-23-13-10-20-46(52)47-21-11-14-24-53(47)58/h3-37H,1-2H3. The summed E-state index contributed by atoms with van der Waals surface area (Å²) >= 11 is 0. The molecule has 1 heterocycles. The lowest BCUT2D eigenvalue weighted by Gasteiger charge is -2.33. The highest BCUT2D eigenvalue weighted by Gasteiger charge is 2.46. The van der Waals surface area contributed by atoms with Crippen molar-refractivity contribution >= 4 is 39.0 Å². The highest BCUT2D eigenvalue weighted by molar-refractivity contribution is 6.07. The Bertz CT molecular complexity index is 3240. The van der Waals surface area contributed by atoms with Crippen molar-refractivity contribution in [3.05, 3.63) is 246 Å². The zero-order valence-corrected chi connectivity index (χ0v) is 33.6. The molecule has 284 valence electrons. The van der Waals surface area contributed by atoms with E-state index in [1.165, 1.54) is 66.8 Å². The molecule has 2 heteroatoms. The fraction of sp³-hybridized carbons (Fsp3) is 0.0690. The summed E-state index contributed by atoms with van der Waals surface area (Å²) in [7, 11) is 0. The van der Waals surface area contributed by atoms with Crippen LogP contribution in [0.15, 0.2) is 217 Å². The highest BCUT2D eigenvalue weighted by atomic mass is 16.3. The van der Waals surface area contributed by atoms with E-state index in [0.29, 0.717) is 0 Å². The molecule has 0 radical (unpaired) electrons. The molecule has 10 aromatic rings. The van der Waals surface area contributed by atoms with Gasteiger partial charge in [0.15, 0.2) is 0 Å². The molecular weight excluding hydrogens is 727 g/mol. The first kappa shape index (κ1) is 34.6. The number of benzene rings is 9. The van der Waals surface area contributed by atoms with E-state index in [1.54, 1.807) is 0 Å². The van der Waals surface area contributed by atoms with E-state index in [9.17, 15) is 0 Å². The molecule has 1 aromatic heterocycles. The number of furan rings is 1. The molecule has 0 spiro atoms. The molecule has 60 heavy (non-hydrogen) atoms. The Kier molecular flexibility index (Phi) is 7.52. The quantitative estimate of drug-likeness (QED) is 0.168. The number of anilines is 3. The summed E-state index contributed by atoms with van der Waals surface area (Å²) in [6.07, 6.45) is 0. The van der Waals surface area contributed by atoms with Gasteiger partial charge in [-0.2, -0.15) is 0 Å². The van der Waals surface area contributed by atoms with Crippen molar-refractivity contribution in [1.29, 1.82) is 0 Å². The van der Waals surface area contributed by atoms with Crippen LogP contribution in [0.4, 0.5) is 17.1 Å². The maximum atomic E-state index is 6.66. The first-order valence-corrected chi connectivity index (χ1v) is 20.9. The van der Waals surface area contributed by atoms with Gasteiger partial charge in [0.05, 0.1) is 5.41 Å². The van der Waals surface area contributed by atoms with E-state index in [-0.39, 0.29) is 5.41 Å². The Balaban J connectivity index is 1.06. The molecule has 0 fully saturated rings. The average molecular weight is 768 g/mol. The summed E-state index contributed by atoms with van der Waals surface area (Å²) in [4.78, 5) is 2.41. The maximum Gasteiger partial charge on any atom is 0.135 e. The first-order chi connectivity index (χ1) is 29.5. The van der Waals surface area contributed by atoms with E-state index in [0.717, 1.165) is 39.0 Å². The van der Waals surface area contributed by atoms with Crippen LogP contribution in [0.25, 0.3) is 55.3 Å². The molecule has 0 aliphatic heterocycles. The van der Waals surface area contributed by atoms with E-state index in [2.05, 4.69) is 231 Å². The summed E-state index contributed by atoms with van der Waals surface area (Å²) in [6, 6.07) is 77.9. The molecule has 12 rings (SSSR count). The van der Waals surface area contributed by atoms with Gasteiger partial charge >= 0.3 is 0 Å². The summed E-state index contributed by atoms with van der Waals surface area (Å²) < 4.78 is 6.66. The second-order valence-electron chi connectivity index (χ2n) is 16.8. The third kappa shape index (κ3) is 4.94. The van der Waals surface area contributed by atoms with E-state index >= 15 is 0 Å². The zero-order chi connectivity index (χ0) is 40.0. The SMILES string of the molecule is CC1(C)c2ccccc2-c2ccc(N(c3ccc(-c4ccccc4)cc3)c3ccc4oc5ccc(C6(c7ccccc7)c7ccccc7-c7ccccc76)cc5c4c3)cc21. The van der Waals surface area contributed by atoms with E-state index in [1.807, 2.05) is 0 Å². The first-order valence-electron chi connectivity index (χ1n) is 20.9. The van der Waals surface area contributed by atoms with Crippen molar-refractivity contribution in [2.45, 2.75) is 24.7 Å². The van der Waals surface area contributed by atoms with Gasteiger partial charge in [-0.25, -0.2) is 0 Å². The minimum Gasteiger partial charge on any atom is -0.456 e. The van der Waals surface area contributed by atoms with Gasteiger partial charge in [-0.3, -0.25) is 0 Å². The Labute approximate surface area is 350 Å². The molecule has 2 aliphatic rings. The van der Waals surface area contributed by atoms with Gasteiger partial charge in [0.1, 0.15) is 11.2 Å². The van der Waals surface area contributed by atoms with Gasteiger partial charge in [0.25, 0.3) is 0 Å². The van der Waals surface area contributed by atoms with Crippen LogP contribution in [0.1, 0.15) is 47.2 Å². The van der Waals surface area contributed by atoms with Crippen molar-refractivity contribution in [1.82, 2.24) is 0 Å². The molecule has 0 unspecified atom stereocenters. The van der Waals surface area contributed by atoms with Crippen molar-refractivity contribution in [3.8, 4) is 33.4 Å². The third-order valence-electron chi connectivity index (χ3n) is 13.4. The average Bonchev–Trinajstić information content (AvgIpc) is 3.90. The molecule has 0 bridgehead atoms. The fourth-order valence-corrected chi connectivity index (χ4v) is 10.6. The lowest BCUT2D eigenvalue weighted by Crippen LogP contribution is -2.28. The van der Waals surface area contributed by atoms with Crippen molar-refractivity contribution in [2.75, 3.05) is 4.90 Å². The largest absolute Gasteiger partial charge is 0.456 e. The molecule has 0 N–H and O–H groups in total. The van der Waals surface area contributed by atoms with Crippen LogP contribution in [-0.4, -0.2) is 0 Å². The molecule has 0 atom stereocenters. The van der Waals surface area contributed by atoms with E-state index in [4.69, 9.17) is 4.42 Å². The van der Waals surface area contributed by atoms with Crippen LogP contribution >= 0.6 is 0 Å². The van der Waals surface area contributed by atoms with Crippen molar-refractivity contribution in [3.63, 3.8) is 0 Å². The van der Waals surface area contributed by atoms with Gasteiger partial charge in [-0.1, -0.05) is 172 Å². The monoisotopic (exact) mass is 767 g/mol. The molecule has 0 amide bonds. The Morgan fingerprint density at radius 1 is 0.350 bits per heavy atom. The number of hydrogen-bond acceptors (Lipinski definition) is 2. The predicted molar refractivity (Wildman–Crippen MR) is 249 cm³/mol. The minimum atomic E-state index is -0.495. The molecular formula is C58H41NO. The molecule has 0 saturated heterocycles. The summed E-state index contributed by atoms with van der Waals surface area (Å²) in [5.74, 6) is 0. The predicted octanol–water partition coefficient (Wildman–Crippen LogP) is 15.4. The van der Waals surface area contributed by atoms with Crippen molar-refractivity contribution < 1.29 is 4.42 Å². The lowest BCUT2D eigenvalue weighted by atomic mass is 9.67. The van der Waals surface area contributed by atoms with Crippen LogP contribution in [0.2, 0.25) is 0 Å². The highest BCUT2D eigenvalue weighted by Crippen LogP contribution is 2.57. The molecule has 0 saturated carbocycles. The van der Waals surface area contributed by atoms with Gasteiger partial charge in [-0.15, -0.1) is 0 Å². The third-order valence-corrected chi connectivity index (χ3v) is 13.4. The van der Waals surface area contributed by atoms with Crippen LogP contribution in [-0.2, 0) is 10.8 Å². The van der Waals surface area contributed by atoms with Crippen molar-refractivity contribution in [2.24, 2.45) is 0 Å². The van der Waals surface area contributed by atoms with Crippen LogP contribution < -0.4 is 4.90 Å². The number of fused-ring (bicyclic) bond motifs is 9. The van der Waals surface area contributed by atoms with E-state index < -0.39 is 5.41 Å². The second-order valence-corrected chi connectivity index (χ2v) is 16.8. The second kappa shape index (κ2) is 13.0. The summed E-state index contributed by atoms with van der Waals surface area (Å²) in [5.41, 5.74) is 19.8. The maximum absolute atomic E-state index is 6.66. The molecule has 2 aliphatic carbocycles. The summed E-state index contributed by atoms with van der Waals surface area (Å²) in [5, 5.41) is 2.19. The van der Waals surface area contributed by atoms with Crippen LogP contribution in [0.3, 0.4) is 0 Å². The van der Waals surface area contributed by atoms with Crippen LogP contribution in [0, 0.1) is 0 Å². The molecule has 9 aromatic carbocycles. The van der Waals surface area contributed by atoms with Gasteiger partial charge < -0.3 is 9.32 Å². The Hall–Kier alpha value is -7.42. The topological polar surface area (TPSA) is 16.4 Å². The normalized spacial score (nSPS) is 14.1. The van der Waals surface area contributed by atoms with Gasteiger partial charge in [0.2, 0.25) is 0 Å². The van der Waals surface area contributed by atoms with Gasteiger partial charge in [-0.05, 0) is 121 Å². The van der Waals surface area contributed by atoms with Gasteiger partial charge in [0, 0.05) is 33.2 Å². The minimum absolute atomic E-state index is 0.127. The number of nitrogens with zero attached hydrogens (tertiary/aromatic N) is 1. The Morgan fingerprint density at radius 3 is 1.52 bits per heavy atom. The summed E-state index contributed by atoms with van der Waals surface area (Å²) in [6.45, 7) is 4.70. The molecule has 2 nitrogen and oxygen atoms in total. The smallest absolute Gasteiger partial charge is 0.135 e. The van der Waals surface area contributed by atoms with Crippen LogP contribution in [0.5, 0.6) is 0 Å². The Morgan fingerprint density at radius 2 is 0.833 bits per heavy atom. The zero-order valence-electron chi connectivity index (χ0n) is 33.6. The number of rotatable bonds is 6. The fourth-order valence-electron chi connectivity index (χ4n) is 10.6. The lowest BCUT2D eigenvalue weighted by molar-refractivity contribution is 0.660. The number of hydrogen-bond donors (Lipinski definition) is 0.